The van der Waals surface area contributed by atoms with Gasteiger partial charge in [-0.2, -0.15) is 0 Å². The maximum Gasteiger partial charge on any atom is 0.259 e. The van der Waals surface area contributed by atoms with Crippen molar-refractivity contribution in [3.63, 3.8) is 0 Å². The van der Waals surface area contributed by atoms with Gasteiger partial charge in [0.25, 0.3) is 5.56 Å². The van der Waals surface area contributed by atoms with Crippen LogP contribution in [0.3, 0.4) is 0 Å². The SMILES string of the molecule is COc1ccc2c(c1)cc(-c1nc3ccccc3c(=O)[nH]1)n2C. The van der Waals surface area contributed by atoms with Gasteiger partial charge in [-0.1, -0.05) is 12.1 Å². The summed E-state index contributed by atoms with van der Waals surface area (Å²) >= 11 is 0. The van der Waals surface area contributed by atoms with Gasteiger partial charge in [-0.15, -0.1) is 0 Å². The van der Waals surface area contributed by atoms with Gasteiger partial charge in [-0.05, 0) is 36.4 Å². The maximum absolute atomic E-state index is 12.3. The molecule has 0 spiro atoms. The lowest BCUT2D eigenvalue weighted by Crippen LogP contribution is -2.10. The van der Waals surface area contributed by atoms with Crippen LogP contribution >= 0.6 is 0 Å². The Labute approximate surface area is 132 Å². The first kappa shape index (κ1) is 13.6. The van der Waals surface area contributed by atoms with Crippen molar-refractivity contribution in [1.29, 1.82) is 0 Å². The summed E-state index contributed by atoms with van der Waals surface area (Å²) in [6, 6.07) is 15.2. The van der Waals surface area contributed by atoms with Crippen molar-refractivity contribution in [2.45, 2.75) is 0 Å². The van der Waals surface area contributed by atoms with Crippen molar-refractivity contribution >= 4 is 21.8 Å². The number of rotatable bonds is 2. The monoisotopic (exact) mass is 305 g/mol. The lowest BCUT2D eigenvalue weighted by Gasteiger charge is -2.05. The smallest absolute Gasteiger partial charge is 0.259 e. The first-order valence-electron chi connectivity index (χ1n) is 7.30. The Kier molecular flexibility index (Phi) is 2.94. The van der Waals surface area contributed by atoms with E-state index < -0.39 is 0 Å². The van der Waals surface area contributed by atoms with Crippen LogP contribution in [0.15, 0.2) is 53.3 Å². The summed E-state index contributed by atoms with van der Waals surface area (Å²) in [5.74, 6) is 1.36. The second-order valence-corrected chi connectivity index (χ2v) is 5.45. The minimum atomic E-state index is -0.131. The van der Waals surface area contributed by atoms with Gasteiger partial charge in [0.1, 0.15) is 5.75 Å². The molecular weight excluding hydrogens is 290 g/mol. The molecule has 0 saturated heterocycles. The van der Waals surface area contributed by atoms with Gasteiger partial charge in [-0.3, -0.25) is 4.79 Å². The molecule has 0 fully saturated rings. The van der Waals surface area contributed by atoms with Gasteiger partial charge in [0.05, 0.1) is 23.7 Å². The summed E-state index contributed by atoms with van der Waals surface area (Å²) in [6.45, 7) is 0. The molecule has 5 nitrogen and oxygen atoms in total. The van der Waals surface area contributed by atoms with Gasteiger partial charge in [0.2, 0.25) is 0 Å². The van der Waals surface area contributed by atoms with E-state index in [4.69, 9.17) is 4.74 Å². The summed E-state index contributed by atoms with van der Waals surface area (Å²) in [7, 11) is 3.60. The number of hydrogen-bond donors (Lipinski definition) is 1. The maximum atomic E-state index is 12.3. The molecule has 4 rings (SSSR count). The van der Waals surface area contributed by atoms with E-state index in [0.29, 0.717) is 16.7 Å². The van der Waals surface area contributed by atoms with Gasteiger partial charge in [0, 0.05) is 18.0 Å². The normalized spacial score (nSPS) is 11.2. The Bertz CT molecular complexity index is 1090. The van der Waals surface area contributed by atoms with Crippen molar-refractivity contribution < 1.29 is 4.74 Å². The number of hydrogen-bond acceptors (Lipinski definition) is 3. The molecule has 23 heavy (non-hydrogen) atoms. The van der Waals surface area contributed by atoms with E-state index in [1.165, 1.54) is 0 Å². The molecular formula is C18H15N3O2. The topological polar surface area (TPSA) is 59.9 Å². The largest absolute Gasteiger partial charge is 0.497 e. The van der Waals surface area contributed by atoms with Crippen LogP contribution in [0.2, 0.25) is 0 Å². The Morgan fingerprint density at radius 1 is 1.13 bits per heavy atom. The zero-order valence-electron chi connectivity index (χ0n) is 12.8. The van der Waals surface area contributed by atoms with E-state index in [0.717, 1.165) is 22.3 Å². The van der Waals surface area contributed by atoms with Crippen molar-refractivity contribution in [2.75, 3.05) is 7.11 Å². The average molecular weight is 305 g/mol. The average Bonchev–Trinajstić information content (AvgIpc) is 2.91. The Hall–Kier alpha value is -3.08. The molecule has 0 bridgehead atoms. The standard InChI is InChI=1S/C18H15N3O2/c1-21-15-8-7-12(23-2)9-11(15)10-16(21)17-19-14-6-4-3-5-13(14)18(22)20-17/h3-10H,1-2H3,(H,19,20,22). The lowest BCUT2D eigenvalue weighted by molar-refractivity contribution is 0.415. The van der Waals surface area contributed by atoms with E-state index in [1.807, 2.05) is 54.1 Å². The summed E-state index contributed by atoms with van der Waals surface area (Å²) in [5, 5.41) is 1.63. The van der Waals surface area contributed by atoms with Crippen molar-refractivity contribution in [1.82, 2.24) is 14.5 Å². The van der Waals surface area contributed by atoms with Crippen LogP contribution in [-0.4, -0.2) is 21.6 Å². The van der Waals surface area contributed by atoms with E-state index in [1.54, 1.807) is 13.2 Å². The summed E-state index contributed by atoms with van der Waals surface area (Å²) in [4.78, 5) is 19.8. The van der Waals surface area contributed by atoms with Crippen LogP contribution in [0.1, 0.15) is 0 Å². The van der Waals surface area contributed by atoms with Crippen LogP contribution in [0.5, 0.6) is 5.75 Å². The quantitative estimate of drug-likeness (QED) is 0.619. The second-order valence-electron chi connectivity index (χ2n) is 5.45. The number of nitrogens with zero attached hydrogens (tertiary/aromatic N) is 2. The van der Waals surface area contributed by atoms with Crippen LogP contribution in [0, 0.1) is 0 Å². The van der Waals surface area contributed by atoms with Crippen molar-refractivity contribution in [3.8, 4) is 17.3 Å². The molecule has 0 amide bonds. The predicted octanol–water partition coefficient (Wildman–Crippen LogP) is 3.09. The fourth-order valence-corrected chi connectivity index (χ4v) is 2.89. The molecule has 0 saturated carbocycles. The highest BCUT2D eigenvalue weighted by molar-refractivity contribution is 5.88. The minimum Gasteiger partial charge on any atom is -0.497 e. The molecule has 2 aromatic heterocycles. The number of H-pyrrole nitrogens is 1. The molecule has 0 aliphatic rings. The lowest BCUT2D eigenvalue weighted by atomic mass is 10.2. The fraction of sp³-hybridized carbons (Fsp3) is 0.111. The van der Waals surface area contributed by atoms with Crippen LogP contribution in [-0.2, 0) is 7.05 Å². The minimum absolute atomic E-state index is 0.131. The fourth-order valence-electron chi connectivity index (χ4n) is 2.89. The third-order valence-corrected chi connectivity index (χ3v) is 4.11. The van der Waals surface area contributed by atoms with Crippen LogP contribution in [0.4, 0.5) is 0 Å². The molecule has 0 aliphatic heterocycles. The highest BCUT2D eigenvalue weighted by Crippen LogP contribution is 2.28. The molecule has 1 N–H and O–H groups in total. The Morgan fingerprint density at radius 3 is 2.78 bits per heavy atom. The number of ether oxygens (including phenoxy) is 1. The number of aromatic amines is 1. The van der Waals surface area contributed by atoms with Crippen molar-refractivity contribution in [3.05, 3.63) is 58.9 Å². The number of fused-ring (bicyclic) bond motifs is 2. The summed E-state index contributed by atoms with van der Waals surface area (Å²) < 4.78 is 7.29. The third-order valence-electron chi connectivity index (χ3n) is 4.11. The first-order valence-corrected chi connectivity index (χ1v) is 7.30. The molecule has 114 valence electrons. The second kappa shape index (κ2) is 4.98. The molecule has 0 unspecified atom stereocenters. The van der Waals surface area contributed by atoms with Gasteiger partial charge >= 0.3 is 0 Å². The number of methoxy groups -OCH3 is 1. The number of aromatic nitrogens is 3. The Balaban J connectivity index is 1.98. The van der Waals surface area contributed by atoms with E-state index in [-0.39, 0.29) is 5.56 Å². The molecule has 2 aromatic carbocycles. The molecule has 4 aromatic rings. The van der Waals surface area contributed by atoms with Gasteiger partial charge in [0.15, 0.2) is 5.82 Å². The van der Waals surface area contributed by atoms with E-state index in [2.05, 4.69) is 9.97 Å². The van der Waals surface area contributed by atoms with Crippen molar-refractivity contribution in [2.24, 2.45) is 7.05 Å². The zero-order chi connectivity index (χ0) is 16.0. The predicted molar refractivity (Wildman–Crippen MR) is 90.8 cm³/mol. The number of nitrogens with one attached hydrogen (secondary N) is 1. The van der Waals surface area contributed by atoms with Gasteiger partial charge in [-0.25, -0.2) is 4.98 Å². The first-order chi connectivity index (χ1) is 11.2. The molecule has 0 atom stereocenters. The number of para-hydroxylation sites is 1. The van der Waals surface area contributed by atoms with Crippen LogP contribution in [0.25, 0.3) is 33.3 Å². The molecule has 5 heteroatoms. The number of benzene rings is 2. The number of aryl methyl sites for hydroxylation is 1. The highest BCUT2D eigenvalue weighted by Gasteiger charge is 2.12. The van der Waals surface area contributed by atoms with Crippen LogP contribution < -0.4 is 10.3 Å². The van der Waals surface area contributed by atoms with Gasteiger partial charge < -0.3 is 14.3 Å². The molecule has 0 radical (unpaired) electrons. The highest BCUT2D eigenvalue weighted by atomic mass is 16.5. The Morgan fingerprint density at radius 2 is 1.96 bits per heavy atom. The summed E-state index contributed by atoms with van der Waals surface area (Å²) in [5.41, 5.74) is 2.47. The summed E-state index contributed by atoms with van der Waals surface area (Å²) in [6.07, 6.45) is 0. The molecule has 2 heterocycles. The molecule has 0 aliphatic carbocycles. The van der Waals surface area contributed by atoms with E-state index >= 15 is 0 Å². The third kappa shape index (κ3) is 2.09. The van der Waals surface area contributed by atoms with E-state index in [9.17, 15) is 4.79 Å². The zero-order valence-corrected chi connectivity index (χ0v) is 12.8.